The minimum Gasteiger partial charge on any atom is -0.361 e. The molecular weight excluding hydrogens is 266 g/mol. The Hall–Kier alpha value is -1.57. The van der Waals surface area contributed by atoms with Crippen LogP contribution in [0.5, 0.6) is 0 Å². The number of nitrogens with one attached hydrogen (secondary N) is 2. The zero-order chi connectivity index (χ0) is 13.2. The van der Waals surface area contributed by atoms with Crippen LogP contribution in [-0.4, -0.2) is 59.3 Å². The van der Waals surface area contributed by atoms with Gasteiger partial charge in [0.05, 0.1) is 12.1 Å². The number of fused-ring (bicyclic) bond motifs is 1. The number of hydrogen-bond donors (Lipinski definition) is 2. The number of carbonyl (C=O) groups excluding carboxylic acids is 2. The van der Waals surface area contributed by atoms with Crippen LogP contribution in [0.25, 0.3) is 0 Å². The predicted octanol–water partition coefficient (Wildman–Crippen LogP) is -0.846. The summed E-state index contributed by atoms with van der Waals surface area (Å²) in [5, 5.41) is 6.02. The fourth-order valence-corrected chi connectivity index (χ4v) is 3.09. The molecule has 7 nitrogen and oxygen atoms in total. The van der Waals surface area contributed by atoms with Gasteiger partial charge in [-0.2, -0.15) is 0 Å². The Morgan fingerprint density at radius 1 is 1.47 bits per heavy atom. The lowest BCUT2D eigenvalue weighted by Crippen LogP contribution is -2.51. The van der Waals surface area contributed by atoms with Gasteiger partial charge in [0.2, 0.25) is 5.91 Å². The number of rotatable bonds is 2. The summed E-state index contributed by atoms with van der Waals surface area (Å²) < 4.78 is 0. The fraction of sp³-hybridized carbons (Fsp3) is 0.636. The summed E-state index contributed by atoms with van der Waals surface area (Å²) in [7, 11) is 0. The van der Waals surface area contributed by atoms with Crippen molar-refractivity contribution in [2.24, 2.45) is 9.98 Å². The Labute approximate surface area is 114 Å². The van der Waals surface area contributed by atoms with Crippen LogP contribution in [-0.2, 0) is 9.59 Å². The van der Waals surface area contributed by atoms with Crippen molar-refractivity contribution >= 4 is 35.1 Å². The van der Waals surface area contributed by atoms with E-state index < -0.39 is 12.2 Å². The first-order valence-electron chi connectivity index (χ1n) is 6.31. The molecule has 19 heavy (non-hydrogen) atoms. The van der Waals surface area contributed by atoms with Crippen molar-refractivity contribution in [1.29, 1.82) is 0 Å². The van der Waals surface area contributed by atoms with Crippen molar-refractivity contribution in [3.8, 4) is 0 Å². The Kier molecular flexibility index (Phi) is 3.41. The fourth-order valence-electron chi connectivity index (χ4n) is 2.29. The minimum absolute atomic E-state index is 0.106. The SMILES string of the molecule is O=C1NC(SCC(=O)N2CCCC2)=NC2N=CNC12. The Balaban J connectivity index is 1.56. The van der Waals surface area contributed by atoms with Gasteiger partial charge in [-0.3, -0.25) is 9.59 Å². The van der Waals surface area contributed by atoms with E-state index in [0.717, 1.165) is 25.9 Å². The summed E-state index contributed by atoms with van der Waals surface area (Å²) >= 11 is 1.27. The largest absolute Gasteiger partial charge is 0.361 e. The van der Waals surface area contributed by atoms with Gasteiger partial charge in [0.1, 0.15) is 6.04 Å². The van der Waals surface area contributed by atoms with Crippen molar-refractivity contribution < 1.29 is 9.59 Å². The maximum Gasteiger partial charge on any atom is 0.252 e. The van der Waals surface area contributed by atoms with Gasteiger partial charge < -0.3 is 15.5 Å². The lowest BCUT2D eigenvalue weighted by atomic mass is 10.2. The molecule has 102 valence electrons. The van der Waals surface area contributed by atoms with Crippen LogP contribution in [0.3, 0.4) is 0 Å². The molecule has 0 saturated carbocycles. The van der Waals surface area contributed by atoms with Gasteiger partial charge in [-0.25, -0.2) is 9.98 Å². The molecule has 3 rings (SSSR count). The topological polar surface area (TPSA) is 86.2 Å². The molecule has 0 aromatic rings. The summed E-state index contributed by atoms with van der Waals surface area (Å²) in [6.45, 7) is 1.69. The van der Waals surface area contributed by atoms with E-state index in [2.05, 4.69) is 20.6 Å². The maximum absolute atomic E-state index is 11.9. The Morgan fingerprint density at radius 3 is 3.05 bits per heavy atom. The molecule has 3 aliphatic rings. The Bertz CT molecular complexity index is 458. The third-order valence-corrected chi connectivity index (χ3v) is 4.20. The van der Waals surface area contributed by atoms with Gasteiger partial charge >= 0.3 is 0 Å². The van der Waals surface area contributed by atoms with Crippen molar-refractivity contribution in [1.82, 2.24) is 15.5 Å². The summed E-state index contributed by atoms with van der Waals surface area (Å²) in [5.41, 5.74) is 0. The van der Waals surface area contributed by atoms with E-state index in [1.807, 2.05) is 4.90 Å². The molecule has 8 heteroatoms. The number of hydrogen-bond acceptors (Lipinski definition) is 6. The number of amides is 2. The van der Waals surface area contributed by atoms with E-state index in [1.165, 1.54) is 18.1 Å². The highest BCUT2D eigenvalue weighted by Crippen LogP contribution is 2.16. The minimum atomic E-state index is -0.404. The molecule has 0 aliphatic carbocycles. The van der Waals surface area contributed by atoms with Crippen molar-refractivity contribution in [2.45, 2.75) is 25.0 Å². The third kappa shape index (κ3) is 2.58. The molecule has 2 unspecified atom stereocenters. The molecule has 2 atom stereocenters. The lowest BCUT2D eigenvalue weighted by molar-refractivity contribution is -0.127. The zero-order valence-electron chi connectivity index (χ0n) is 10.3. The summed E-state index contributed by atoms with van der Waals surface area (Å²) in [4.78, 5) is 33.9. The standard InChI is InChI=1S/C11H15N5O2S/c17-7(16-3-1-2-4-16)5-19-11-14-9-8(10(18)15-11)12-6-13-9/h6,8-9H,1-5H2,(H,12,13)(H,14,15,18). The van der Waals surface area contributed by atoms with Crippen molar-refractivity contribution in [3.05, 3.63) is 0 Å². The van der Waals surface area contributed by atoms with Crippen LogP contribution < -0.4 is 10.6 Å². The van der Waals surface area contributed by atoms with E-state index in [4.69, 9.17) is 0 Å². The second-order valence-corrected chi connectivity index (χ2v) is 5.60. The highest BCUT2D eigenvalue weighted by atomic mass is 32.2. The first-order chi connectivity index (χ1) is 9.24. The number of amidine groups is 1. The van der Waals surface area contributed by atoms with E-state index in [1.54, 1.807) is 0 Å². The molecule has 0 aromatic heterocycles. The monoisotopic (exact) mass is 281 g/mol. The van der Waals surface area contributed by atoms with Gasteiger partial charge in [-0.1, -0.05) is 11.8 Å². The van der Waals surface area contributed by atoms with Crippen molar-refractivity contribution in [2.75, 3.05) is 18.8 Å². The second kappa shape index (κ2) is 5.20. The molecule has 1 saturated heterocycles. The molecule has 2 amide bonds. The average Bonchev–Trinajstić information content (AvgIpc) is 3.06. The first kappa shape index (κ1) is 12.5. The first-order valence-corrected chi connectivity index (χ1v) is 7.29. The molecule has 1 fully saturated rings. The molecule has 3 aliphatic heterocycles. The lowest BCUT2D eigenvalue weighted by Gasteiger charge is -2.22. The molecule has 0 radical (unpaired) electrons. The smallest absolute Gasteiger partial charge is 0.252 e. The molecular formula is C11H15N5O2S. The van der Waals surface area contributed by atoms with E-state index >= 15 is 0 Å². The van der Waals surface area contributed by atoms with Gasteiger partial charge in [-0.15, -0.1) is 0 Å². The number of nitrogens with zero attached hydrogens (tertiary/aromatic N) is 3. The average molecular weight is 281 g/mol. The quantitative estimate of drug-likeness (QED) is 0.690. The van der Waals surface area contributed by atoms with E-state index in [9.17, 15) is 9.59 Å². The van der Waals surface area contributed by atoms with Gasteiger partial charge in [0.15, 0.2) is 11.3 Å². The molecule has 0 spiro atoms. The summed E-state index contributed by atoms with van der Waals surface area (Å²) in [6, 6.07) is -0.404. The summed E-state index contributed by atoms with van der Waals surface area (Å²) in [5.74, 6) is 0.274. The van der Waals surface area contributed by atoms with E-state index in [0.29, 0.717) is 10.9 Å². The molecule has 3 heterocycles. The van der Waals surface area contributed by atoms with Gasteiger partial charge in [0.25, 0.3) is 5.91 Å². The highest BCUT2D eigenvalue weighted by Gasteiger charge is 2.35. The zero-order valence-corrected chi connectivity index (χ0v) is 11.2. The number of likely N-dealkylation sites (tertiary alicyclic amines) is 1. The second-order valence-electron chi connectivity index (χ2n) is 4.64. The van der Waals surface area contributed by atoms with Crippen LogP contribution in [0.15, 0.2) is 9.98 Å². The normalized spacial score (nSPS) is 28.7. The van der Waals surface area contributed by atoms with Crippen LogP contribution in [0, 0.1) is 0 Å². The van der Waals surface area contributed by atoms with Gasteiger partial charge in [0, 0.05) is 13.1 Å². The highest BCUT2D eigenvalue weighted by molar-refractivity contribution is 8.14. The summed E-state index contributed by atoms with van der Waals surface area (Å²) in [6.07, 6.45) is 3.27. The van der Waals surface area contributed by atoms with Crippen LogP contribution in [0.2, 0.25) is 0 Å². The maximum atomic E-state index is 11.9. The number of carbonyl (C=O) groups is 2. The van der Waals surface area contributed by atoms with E-state index in [-0.39, 0.29) is 11.8 Å². The number of thioether (sulfide) groups is 1. The molecule has 0 bridgehead atoms. The molecule has 0 aromatic carbocycles. The predicted molar refractivity (Wildman–Crippen MR) is 73.1 cm³/mol. The van der Waals surface area contributed by atoms with Gasteiger partial charge in [-0.05, 0) is 12.8 Å². The van der Waals surface area contributed by atoms with Crippen LogP contribution in [0.4, 0.5) is 0 Å². The Morgan fingerprint density at radius 2 is 2.26 bits per heavy atom. The van der Waals surface area contributed by atoms with Crippen LogP contribution in [0.1, 0.15) is 12.8 Å². The van der Waals surface area contributed by atoms with Crippen LogP contribution >= 0.6 is 11.8 Å². The molecule has 2 N–H and O–H groups in total. The third-order valence-electron chi connectivity index (χ3n) is 3.33. The number of aliphatic imine (C=N–C) groups is 2. The van der Waals surface area contributed by atoms with Crippen molar-refractivity contribution in [3.63, 3.8) is 0 Å².